The van der Waals surface area contributed by atoms with Crippen LogP contribution in [-0.2, 0) is 90.7 Å². The first-order valence-electron chi connectivity index (χ1n) is 18.5. The summed E-state index contributed by atoms with van der Waals surface area (Å²) in [7, 11) is -14.3. The Hall–Kier alpha value is -0.927. The Morgan fingerprint density at radius 2 is 0.672 bits per heavy atom. The van der Waals surface area contributed by atoms with Crippen molar-refractivity contribution in [1.29, 1.82) is 0 Å². The van der Waals surface area contributed by atoms with Gasteiger partial charge >= 0.3 is 50.7 Å². The zero-order valence-corrected chi connectivity index (χ0v) is 43.4. The molecule has 61 heavy (non-hydrogen) atoms. The first-order valence-corrected chi connectivity index (χ1v) is 23.7. The molecule has 0 bridgehead atoms. The molecule has 0 spiro atoms. The summed E-state index contributed by atoms with van der Waals surface area (Å²) in [6.07, 6.45) is 0. The van der Waals surface area contributed by atoms with Gasteiger partial charge in [0.2, 0.25) is 0 Å². The van der Waals surface area contributed by atoms with E-state index >= 15 is 0 Å². The van der Waals surface area contributed by atoms with Crippen LogP contribution in [0, 0.1) is 74.0 Å². The van der Waals surface area contributed by atoms with Crippen LogP contribution >= 0.6 is 7.92 Å². The average Bonchev–Trinajstić information content (AvgIpc) is 3.42. The molecule has 0 unspecified atom stereocenters. The van der Waals surface area contributed by atoms with Gasteiger partial charge in [-0.25, -0.2) is 0 Å². The average molecular weight is 1090 g/mol. The molecule has 3 aromatic rings. The van der Waals surface area contributed by atoms with E-state index in [4.69, 9.17) is 25.3 Å². The van der Waals surface area contributed by atoms with Crippen LogP contribution in [0.25, 0.3) is 0 Å². The third-order valence-electron chi connectivity index (χ3n) is 12.4. The molecule has 0 N–H and O–H groups in total. The largest absolute Gasteiger partial charge is 1.00 e. The predicted octanol–water partition coefficient (Wildman–Crippen LogP) is 10.9. The van der Waals surface area contributed by atoms with Crippen molar-refractivity contribution >= 4 is 69.3 Å². The maximum absolute atomic E-state index is 11.4. The monoisotopic (exact) mass is 1090 g/mol. The van der Waals surface area contributed by atoms with Gasteiger partial charge < -0.3 is 40.1 Å². The fraction of sp³-hybridized carbons (Fsp3) is 0.524. The number of alkyl halides is 6. The number of halogens is 6. The minimum absolute atomic E-state index is 0. The Morgan fingerprint density at radius 3 is 0.885 bits per heavy atom. The van der Waals surface area contributed by atoms with Crippen molar-refractivity contribution in [2.45, 2.75) is 90.0 Å². The molecule has 2 saturated carbocycles. The predicted molar refractivity (Wildman–Crippen MR) is 234 cm³/mol. The molecule has 0 heterocycles. The normalized spacial score (nSPS) is 25.9. The van der Waals surface area contributed by atoms with Crippen molar-refractivity contribution in [2.75, 3.05) is 0 Å². The summed E-state index contributed by atoms with van der Waals surface area (Å²) < 4.78 is 113. The summed E-state index contributed by atoms with van der Waals surface area (Å²) in [6, 6.07) is 27.0. The molecule has 2 aliphatic rings. The van der Waals surface area contributed by atoms with Crippen LogP contribution in [0.2, 0.25) is 0 Å². The van der Waals surface area contributed by atoms with Crippen LogP contribution in [0.3, 0.4) is 0 Å². The van der Waals surface area contributed by atoms with Crippen molar-refractivity contribution in [3.8, 4) is 0 Å². The molecule has 2 fully saturated rings. The molecule has 2 aliphatic carbocycles. The van der Waals surface area contributed by atoms with Gasteiger partial charge in [0, 0.05) is 17.1 Å². The van der Waals surface area contributed by atoms with Crippen LogP contribution in [0.1, 0.15) is 69.2 Å². The Morgan fingerprint density at radius 1 is 0.459 bits per heavy atom. The second-order valence-corrected chi connectivity index (χ2v) is 21.6. The van der Waals surface area contributed by atoms with Crippen LogP contribution < -0.4 is 15.9 Å². The van der Waals surface area contributed by atoms with Crippen LogP contribution in [0.5, 0.6) is 0 Å². The van der Waals surface area contributed by atoms with Crippen molar-refractivity contribution in [3.63, 3.8) is 0 Å². The molecule has 0 saturated heterocycles. The van der Waals surface area contributed by atoms with Gasteiger partial charge in [-0.1, -0.05) is 133 Å². The standard InChI is InChI=1S/C18H15PS2.2C10H20.C2F6O6S2.2CH3.Fe.Ru/c20-17-12-6-4-10-15(17)19(14-8-2-1-3-9-14)16-11-5-7-13-18(16)21;2*1-6-7(2)9(4)10(5)8(6)3;3-1(4,5)15(9,10)13-14-16(11,12)2(6,7)8;;;;/h1-13,20-21H;2*6-10H,1-5H3;;2*1H3;;/q;;;;2*-1;;+1/p-1. The molecule has 353 valence electrons. The van der Waals surface area contributed by atoms with Crippen LogP contribution in [0.4, 0.5) is 26.3 Å². The maximum atomic E-state index is 11.4. The molecule has 0 aliphatic heterocycles. The van der Waals surface area contributed by atoms with Gasteiger partial charge in [-0.3, -0.25) is 0 Å². The molecule has 0 amide bonds. The maximum Gasteiger partial charge on any atom is 1.00 e. The first kappa shape index (κ1) is 64.4. The van der Waals surface area contributed by atoms with E-state index in [1.54, 1.807) is 0 Å². The van der Waals surface area contributed by atoms with Gasteiger partial charge in [-0.2, -0.15) is 43.2 Å². The molecular weight excluding hydrogens is 1030 g/mol. The third-order valence-corrected chi connectivity index (χ3v) is 18.1. The summed E-state index contributed by atoms with van der Waals surface area (Å²) in [5.74, 6) is 9.35. The molecule has 3 aromatic carbocycles. The van der Waals surface area contributed by atoms with E-state index in [1.807, 2.05) is 30.3 Å². The van der Waals surface area contributed by atoms with Gasteiger partial charge in [0.05, 0.1) is 18.5 Å². The van der Waals surface area contributed by atoms with Gasteiger partial charge in [-0.05, 0) is 83.4 Å². The fourth-order valence-electron chi connectivity index (χ4n) is 7.35. The Bertz CT molecular complexity index is 1740. The molecular formula is C42H60F6FeO6PRuS4-2. The second kappa shape index (κ2) is 26.9. The number of benzene rings is 3. The zero-order valence-electron chi connectivity index (χ0n) is 36.3. The SMILES string of the molecule is CC1C(C)C(C)C(C)C1C.CC1C(C)C(C)C(C)C1C.O=S(=O)(OOS(=O)(=O)C(F)(F)F)C(F)(F)F.[CH3-].[CH3-].[Fe].[Ru+].[S-]c1ccccc1[PH+](c1ccccc1)c1ccccc1[S-]. The van der Waals surface area contributed by atoms with E-state index in [9.17, 15) is 43.2 Å². The number of hydrogen-bond acceptors (Lipinski definition) is 8. The van der Waals surface area contributed by atoms with Crippen LogP contribution in [0.15, 0.2) is 88.7 Å². The van der Waals surface area contributed by atoms with Gasteiger partial charge in [-0.15, -0.1) is 9.79 Å². The Balaban J connectivity index is -0.000000754. The van der Waals surface area contributed by atoms with Crippen molar-refractivity contribution < 1.29 is 88.4 Å². The summed E-state index contributed by atoms with van der Waals surface area (Å²) in [6.45, 7) is 24.0. The van der Waals surface area contributed by atoms with Crippen molar-refractivity contribution in [1.82, 2.24) is 0 Å². The third kappa shape index (κ3) is 17.1. The molecule has 1 radical (unpaired) electrons. The molecule has 0 aromatic heterocycles. The smallest absolute Gasteiger partial charge is 0.776 e. The number of hydrogen-bond donors (Lipinski definition) is 0. The molecule has 5 rings (SSSR count). The molecule has 19 heteroatoms. The Labute approximate surface area is 397 Å². The fourth-order valence-corrected chi connectivity index (χ4v) is 11.6. The molecule has 0 atom stereocenters. The quantitative estimate of drug-likeness (QED) is 0.0353. The second-order valence-electron chi connectivity index (χ2n) is 15.3. The van der Waals surface area contributed by atoms with Crippen molar-refractivity contribution in [3.05, 3.63) is 93.7 Å². The van der Waals surface area contributed by atoms with E-state index in [0.717, 1.165) is 69.0 Å². The van der Waals surface area contributed by atoms with E-state index in [-0.39, 0.29) is 51.4 Å². The Kier molecular flexibility index (Phi) is 28.4. The van der Waals surface area contributed by atoms with E-state index in [2.05, 4.69) is 126 Å². The zero-order chi connectivity index (χ0) is 43.8. The minimum atomic E-state index is -6.59. The van der Waals surface area contributed by atoms with Gasteiger partial charge in [0.25, 0.3) is 0 Å². The van der Waals surface area contributed by atoms with E-state index < -0.39 is 39.2 Å². The van der Waals surface area contributed by atoms with Crippen LogP contribution in [-0.4, -0.2) is 27.9 Å². The summed E-state index contributed by atoms with van der Waals surface area (Å²) in [5, 5.41) is 3.79. The first-order chi connectivity index (χ1) is 26.1. The van der Waals surface area contributed by atoms with E-state index in [0.29, 0.717) is 0 Å². The van der Waals surface area contributed by atoms with Gasteiger partial charge in [0.1, 0.15) is 5.30 Å². The topological polar surface area (TPSA) is 86.7 Å². The summed E-state index contributed by atoms with van der Waals surface area (Å²) in [4.78, 5) is 1.85. The molecule has 6 nitrogen and oxygen atoms in total. The minimum Gasteiger partial charge on any atom is -0.776 e. The number of rotatable bonds is 6. The summed E-state index contributed by atoms with van der Waals surface area (Å²) >= 11 is 11.1. The van der Waals surface area contributed by atoms with E-state index in [1.165, 1.54) is 15.9 Å². The van der Waals surface area contributed by atoms with Crippen molar-refractivity contribution in [2.24, 2.45) is 59.2 Å². The summed E-state index contributed by atoms with van der Waals surface area (Å²) in [5.41, 5.74) is -12.2. The van der Waals surface area contributed by atoms with Gasteiger partial charge in [0.15, 0.2) is 0 Å².